The fraction of sp³-hybridized carbons (Fsp3) is 0.286. The minimum absolute atomic E-state index is 0.128. The highest BCUT2D eigenvalue weighted by Gasteiger charge is 2.25. The Balaban J connectivity index is 1.77. The molecule has 2 amide bonds. The Morgan fingerprint density at radius 3 is 2.91 bits per heavy atom. The standard InChI is InChI=1S/C14H14N4O3S/c1-8(19)16-14-17-10-4-5-18(7-11(10)22-14)13(21)9-2-3-12(20)15-6-9/h2-3,6H,4-5,7H2,1H3,(H,15,20)(H,16,17,19). The van der Waals surface area contributed by atoms with Gasteiger partial charge in [0.05, 0.1) is 17.8 Å². The number of nitrogens with zero attached hydrogens (tertiary/aromatic N) is 2. The first-order valence-electron chi connectivity index (χ1n) is 6.77. The molecule has 114 valence electrons. The SMILES string of the molecule is CC(=O)Nc1nc2c(s1)CN(C(=O)c1ccc(=O)[nH]c1)CC2. The fourth-order valence-electron chi connectivity index (χ4n) is 2.30. The predicted molar refractivity (Wildman–Crippen MR) is 81.9 cm³/mol. The number of H-pyrrole nitrogens is 1. The Kier molecular flexibility index (Phi) is 3.76. The molecule has 8 heteroatoms. The zero-order valence-electron chi connectivity index (χ0n) is 11.9. The van der Waals surface area contributed by atoms with Gasteiger partial charge < -0.3 is 15.2 Å². The number of aromatic nitrogens is 2. The summed E-state index contributed by atoms with van der Waals surface area (Å²) in [4.78, 5) is 44.1. The normalized spacial score (nSPS) is 13.6. The number of rotatable bonds is 2. The van der Waals surface area contributed by atoms with Gasteiger partial charge in [0, 0.05) is 37.0 Å². The van der Waals surface area contributed by atoms with Crippen molar-refractivity contribution in [3.8, 4) is 0 Å². The largest absolute Gasteiger partial charge is 0.333 e. The number of hydrogen-bond donors (Lipinski definition) is 2. The van der Waals surface area contributed by atoms with E-state index in [2.05, 4.69) is 15.3 Å². The second-order valence-electron chi connectivity index (χ2n) is 4.99. The van der Waals surface area contributed by atoms with Gasteiger partial charge in [-0.2, -0.15) is 0 Å². The van der Waals surface area contributed by atoms with Crippen LogP contribution in [0.3, 0.4) is 0 Å². The first-order valence-corrected chi connectivity index (χ1v) is 7.59. The van der Waals surface area contributed by atoms with Gasteiger partial charge in [0.1, 0.15) is 0 Å². The molecule has 2 N–H and O–H groups in total. The van der Waals surface area contributed by atoms with Gasteiger partial charge in [-0.1, -0.05) is 11.3 Å². The van der Waals surface area contributed by atoms with E-state index in [0.29, 0.717) is 30.2 Å². The molecule has 0 atom stereocenters. The monoisotopic (exact) mass is 318 g/mol. The Morgan fingerprint density at radius 1 is 1.41 bits per heavy atom. The minimum Gasteiger partial charge on any atom is -0.333 e. The van der Waals surface area contributed by atoms with Crippen molar-refractivity contribution in [1.29, 1.82) is 0 Å². The smallest absolute Gasteiger partial charge is 0.255 e. The molecule has 2 aromatic rings. The van der Waals surface area contributed by atoms with E-state index in [1.165, 1.54) is 36.6 Å². The van der Waals surface area contributed by atoms with Gasteiger partial charge >= 0.3 is 0 Å². The topological polar surface area (TPSA) is 95.2 Å². The lowest BCUT2D eigenvalue weighted by molar-refractivity contribution is -0.114. The fourth-order valence-corrected chi connectivity index (χ4v) is 3.37. The predicted octanol–water partition coefficient (Wildman–Crippen LogP) is 0.988. The second kappa shape index (κ2) is 5.72. The highest BCUT2D eigenvalue weighted by molar-refractivity contribution is 7.15. The molecule has 0 radical (unpaired) electrons. The summed E-state index contributed by atoms with van der Waals surface area (Å²) in [6, 6.07) is 2.86. The number of hydrogen-bond acceptors (Lipinski definition) is 5. The lowest BCUT2D eigenvalue weighted by atomic mass is 10.1. The lowest BCUT2D eigenvalue weighted by Crippen LogP contribution is -2.35. The van der Waals surface area contributed by atoms with Crippen LogP contribution in [0, 0.1) is 0 Å². The number of fused-ring (bicyclic) bond motifs is 1. The third-order valence-electron chi connectivity index (χ3n) is 3.33. The molecular weight excluding hydrogens is 304 g/mol. The minimum atomic E-state index is -0.236. The van der Waals surface area contributed by atoms with Gasteiger partial charge in [0.15, 0.2) is 5.13 Å². The molecule has 22 heavy (non-hydrogen) atoms. The first-order chi connectivity index (χ1) is 10.5. The molecule has 7 nitrogen and oxygen atoms in total. The van der Waals surface area contributed by atoms with Crippen molar-refractivity contribution >= 4 is 28.3 Å². The van der Waals surface area contributed by atoms with Gasteiger partial charge in [0.25, 0.3) is 5.91 Å². The summed E-state index contributed by atoms with van der Waals surface area (Å²) in [5, 5.41) is 3.23. The van der Waals surface area contributed by atoms with Crippen LogP contribution in [0.1, 0.15) is 27.9 Å². The zero-order valence-corrected chi connectivity index (χ0v) is 12.7. The molecule has 0 unspecified atom stereocenters. The number of carbonyl (C=O) groups excluding carboxylic acids is 2. The average Bonchev–Trinajstić information content (AvgIpc) is 2.87. The van der Waals surface area contributed by atoms with Crippen LogP contribution in [0.15, 0.2) is 23.1 Å². The van der Waals surface area contributed by atoms with Crippen molar-refractivity contribution in [1.82, 2.24) is 14.9 Å². The highest BCUT2D eigenvalue weighted by atomic mass is 32.1. The van der Waals surface area contributed by atoms with Crippen molar-refractivity contribution in [3.63, 3.8) is 0 Å². The summed E-state index contributed by atoms with van der Waals surface area (Å²) in [5.74, 6) is -0.288. The van der Waals surface area contributed by atoms with E-state index in [-0.39, 0.29) is 17.4 Å². The number of amides is 2. The summed E-state index contributed by atoms with van der Waals surface area (Å²) in [6.45, 7) is 2.46. The number of anilines is 1. The maximum atomic E-state index is 12.4. The third kappa shape index (κ3) is 2.91. The summed E-state index contributed by atoms with van der Waals surface area (Å²) in [6.07, 6.45) is 2.08. The van der Waals surface area contributed by atoms with E-state index in [4.69, 9.17) is 0 Å². The molecule has 0 saturated heterocycles. The van der Waals surface area contributed by atoms with Crippen LogP contribution in [0.25, 0.3) is 0 Å². The van der Waals surface area contributed by atoms with E-state index in [9.17, 15) is 14.4 Å². The van der Waals surface area contributed by atoms with Crippen LogP contribution in [-0.4, -0.2) is 33.2 Å². The summed E-state index contributed by atoms with van der Waals surface area (Å²) in [7, 11) is 0. The molecule has 0 aliphatic carbocycles. The third-order valence-corrected chi connectivity index (χ3v) is 4.33. The maximum absolute atomic E-state index is 12.4. The Hall–Kier alpha value is -2.48. The van der Waals surface area contributed by atoms with Crippen LogP contribution < -0.4 is 10.9 Å². The zero-order chi connectivity index (χ0) is 15.7. The van der Waals surface area contributed by atoms with E-state index in [0.717, 1.165) is 10.6 Å². The first kappa shape index (κ1) is 14.5. The summed E-state index contributed by atoms with van der Waals surface area (Å²) < 4.78 is 0. The number of aromatic amines is 1. The quantitative estimate of drug-likeness (QED) is 0.863. The Labute approximate surface area is 130 Å². The van der Waals surface area contributed by atoms with Crippen LogP contribution in [0.5, 0.6) is 0 Å². The lowest BCUT2D eigenvalue weighted by Gasteiger charge is -2.26. The molecule has 0 spiro atoms. The molecule has 0 saturated carbocycles. The van der Waals surface area contributed by atoms with Gasteiger partial charge in [-0.05, 0) is 6.07 Å². The van der Waals surface area contributed by atoms with E-state index in [1.54, 1.807) is 4.90 Å². The van der Waals surface area contributed by atoms with Crippen molar-refractivity contribution in [3.05, 3.63) is 44.8 Å². The number of pyridine rings is 1. The van der Waals surface area contributed by atoms with E-state index < -0.39 is 0 Å². The van der Waals surface area contributed by atoms with Crippen molar-refractivity contribution in [2.24, 2.45) is 0 Å². The van der Waals surface area contributed by atoms with E-state index >= 15 is 0 Å². The van der Waals surface area contributed by atoms with Gasteiger partial charge in [-0.3, -0.25) is 14.4 Å². The van der Waals surface area contributed by atoms with Crippen molar-refractivity contribution < 1.29 is 9.59 Å². The average molecular weight is 318 g/mol. The highest BCUT2D eigenvalue weighted by Crippen LogP contribution is 2.28. The van der Waals surface area contributed by atoms with Crippen LogP contribution >= 0.6 is 11.3 Å². The molecule has 1 aliphatic heterocycles. The molecule has 0 fully saturated rings. The number of carbonyl (C=O) groups is 2. The number of nitrogens with one attached hydrogen (secondary N) is 2. The molecule has 2 aromatic heterocycles. The van der Waals surface area contributed by atoms with Gasteiger partial charge in [0.2, 0.25) is 11.5 Å². The number of thiazole rings is 1. The van der Waals surface area contributed by atoms with Crippen LogP contribution in [0.4, 0.5) is 5.13 Å². The van der Waals surface area contributed by atoms with Crippen molar-refractivity contribution in [2.45, 2.75) is 19.9 Å². The summed E-state index contributed by atoms with van der Waals surface area (Å²) in [5.41, 5.74) is 1.15. The molecule has 0 aromatic carbocycles. The van der Waals surface area contributed by atoms with Gasteiger partial charge in [-0.25, -0.2) is 4.98 Å². The van der Waals surface area contributed by atoms with Crippen LogP contribution in [-0.2, 0) is 17.8 Å². The molecule has 3 heterocycles. The second-order valence-corrected chi connectivity index (χ2v) is 6.07. The maximum Gasteiger partial charge on any atom is 0.255 e. The Bertz CT molecular complexity index is 775. The van der Waals surface area contributed by atoms with Gasteiger partial charge in [-0.15, -0.1) is 0 Å². The van der Waals surface area contributed by atoms with Crippen LogP contribution in [0.2, 0.25) is 0 Å². The Morgan fingerprint density at radius 2 is 2.23 bits per heavy atom. The molecule has 0 bridgehead atoms. The van der Waals surface area contributed by atoms with Crippen molar-refractivity contribution in [2.75, 3.05) is 11.9 Å². The van der Waals surface area contributed by atoms with E-state index in [1.807, 2.05) is 0 Å². The molecule has 3 rings (SSSR count). The summed E-state index contributed by atoms with van der Waals surface area (Å²) >= 11 is 1.39. The molecule has 1 aliphatic rings. The molecular formula is C14H14N4O3S.